The Hall–Kier alpha value is -1.16. The van der Waals surface area contributed by atoms with Gasteiger partial charge in [0.1, 0.15) is 0 Å². The standard InChI is InChI=1S/C12H16FN3/c1-8-4-11(6-15-12(8)13)16-7-9-2-3-10(16)5-14-9/h4,6,9-10,14H,2-3,5,7H2,1H3/t9-,10-/m0/s1. The van der Waals surface area contributed by atoms with Crippen molar-refractivity contribution < 1.29 is 4.39 Å². The van der Waals surface area contributed by atoms with Gasteiger partial charge in [0.15, 0.2) is 0 Å². The highest BCUT2D eigenvalue weighted by Crippen LogP contribution is 2.28. The van der Waals surface area contributed by atoms with Crippen LogP contribution in [0.3, 0.4) is 0 Å². The van der Waals surface area contributed by atoms with Crippen molar-refractivity contribution >= 4 is 5.69 Å². The minimum absolute atomic E-state index is 0.357. The number of halogens is 1. The predicted octanol–water partition coefficient (Wildman–Crippen LogP) is 1.47. The minimum Gasteiger partial charge on any atom is -0.364 e. The van der Waals surface area contributed by atoms with Crippen molar-refractivity contribution in [2.75, 3.05) is 18.0 Å². The SMILES string of the molecule is Cc1cc(N2C[C@@H]3CC[C@H]2CN3)cnc1F. The third kappa shape index (κ3) is 1.57. The van der Waals surface area contributed by atoms with E-state index in [1.807, 2.05) is 6.07 Å². The number of rotatable bonds is 1. The molecule has 1 aromatic rings. The van der Waals surface area contributed by atoms with E-state index in [4.69, 9.17) is 0 Å². The molecule has 3 aliphatic heterocycles. The number of anilines is 1. The average molecular weight is 221 g/mol. The summed E-state index contributed by atoms with van der Waals surface area (Å²) in [6, 6.07) is 3.05. The Morgan fingerprint density at radius 1 is 1.50 bits per heavy atom. The average Bonchev–Trinajstić information content (AvgIpc) is 2.34. The lowest BCUT2D eigenvalue weighted by Crippen LogP contribution is -2.61. The molecule has 86 valence electrons. The smallest absolute Gasteiger partial charge is 0.215 e. The maximum absolute atomic E-state index is 13.1. The molecule has 4 heterocycles. The van der Waals surface area contributed by atoms with E-state index in [0.717, 1.165) is 18.8 Å². The molecular formula is C12H16FN3. The summed E-state index contributed by atoms with van der Waals surface area (Å²) in [5.74, 6) is -0.357. The van der Waals surface area contributed by atoms with Crippen molar-refractivity contribution in [3.63, 3.8) is 0 Å². The van der Waals surface area contributed by atoms with Gasteiger partial charge in [0.05, 0.1) is 11.9 Å². The van der Waals surface area contributed by atoms with Crippen LogP contribution in [0, 0.1) is 12.9 Å². The summed E-state index contributed by atoms with van der Waals surface area (Å²) in [6.07, 6.45) is 4.14. The summed E-state index contributed by atoms with van der Waals surface area (Å²) < 4.78 is 13.1. The number of aromatic nitrogens is 1. The summed E-state index contributed by atoms with van der Waals surface area (Å²) in [5, 5.41) is 3.51. The second-order valence-corrected chi connectivity index (χ2v) is 4.79. The molecule has 0 amide bonds. The predicted molar refractivity (Wildman–Crippen MR) is 61.1 cm³/mol. The molecule has 0 radical (unpaired) electrons. The number of aryl methyl sites for hydroxylation is 1. The number of hydrogen-bond acceptors (Lipinski definition) is 3. The van der Waals surface area contributed by atoms with E-state index < -0.39 is 0 Å². The molecule has 1 aromatic heterocycles. The van der Waals surface area contributed by atoms with E-state index in [2.05, 4.69) is 15.2 Å². The number of pyridine rings is 1. The van der Waals surface area contributed by atoms with Crippen LogP contribution in [-0.4, -0.2) is 30.2 Å². The third-order valence-electron chi connectivity index (χ3n) is 3.68. The molecule has 1 N–H and O–H groups in total. The van der Waals surface area contributed by atoms with Crippen molar-refractivity contribution in [2.24, 2.45) is 0 Å². The van der Waals surface area contributed by atoms with Gasteiger partial charge in [0.25, 0.3) is 0 Å². The van der Waals surface area contributed by atoms with Crippen molar-refractivity contribution in [2.45, 2.75) is 31.8 Å². The second-order valence-electron chi connectivity index (χ2n) is 4.79. The lowest BCUT2D eigenvalue weighted by Gasteiger charge is -2.47. The Labute approximate surface area is 94.7 Å². The van der Waals surface area contributed by atoms with Crippen molar-refractivity contribution in [3.8, 4) is 0 Å². The van der Waals surface area contributed by atoms with Gasteiger partial charge >= 0.3 is 0 Å². The normalized spacial score (nSPS) is 28.5. The van der Waals surface area contributed by atoms with E-state index >= 15 is 0 Å². The van der Waals surface area contributed by atoms with Crippen LogP contribution in [0.15, 0.2) is 12.3 Å². The first-order valence-corrected chi connectivity index (χ1v) is 5.86. The van der Waals surface area contributed by atoms with Crippen molar-refractivity contribution in [3.05, 3.63) is 23.8 Å². The van der Waals surface area contributed by atoms with Crippen LogP contribution in [-0.2, 0) is 0 Å². The Morgan fingerprint density at radius 2 is 2.38 bits per heavy atom. The van der Waals surface area contributed by atoms with E-state index in [-0.39, 0.29) is 5.95 Å². The molecule has 16 heavy (non-hydrogen) atoms. The van der Waals surface area contributed by atoms with E-state index in [9.17, 15) is 4.39 Å². The summed E-state index contributed by atoms with van der Waals surface area (Å²) in [4.78, 5) is 6.17. The molecule has 0 aromatic carbocycles. The zero-order valence-electron chi connectivity index (χ0n) is 9.41. The van der Waals surface area contributed by atoms with Gasteiger partial charge in [-0.05, 0) is 25.8 Å². The summed E-state index contributed by atoms with van der Waals surface area (Å²) in [7, 11) is 0. The highest BCUT2D eigenvalue weighted by atomic mass is 19.1. The van der Waals surface area contributed by atoms with Crippen LogP contribution in [0.1, 0.15) is 18.4 Å². The molecule has 4 rings (SSSR count). The van der Waals surface area contributed by atoms with E-state index in [0.29, 0.717) is 17.6 Å². The molecule has 3 nitrogen and oxygen atoms in total. The van der Waals surface area contributed by atoms with E-state index in [1.54, 1.807) is 13.1 Å². The van der Waals surface area contributed by atoms with E-state index in [1.165, 1.54) is 12.8 Å². The van der Waals surface area contributed by atoms with Crippen LogP contribution in [0.2, 0.25) is 0 Å². The third-order valence-corrected chi connectivity index (χ3v) is 3.68. The fourth-order valence-corrected chi connectivity index (χ4v) is 2.73. The largest absolute Gasteiger partial charge is 0.364 e. The van der Waals surface area contributed by atoms with Gasteiger partial charge in [-0.15, -0.1) is 0 Å². The Morgan fingerprint density at radius 3 is 2.94 bits per heavy atom. The lowest BCUT2D eigenvalue weighted by atomic mass is 9.92. The first kappa shape index (κ1) is 10.0. The number of piperazine rings is 1. The van der Waals surface area contributed by atoms with Gasteiger partial charge in [-0.3, -0.25) is 0 Å². The molecule has 0 unspecified atom stereocenters. The molecule has 0 saturated carbocycles. The topological polar surface area (TPSA) is 28.2 Å². The molecule has 2 bridgehead atoms. The van der Waals surface area contributed by atoms with Crippen LogP contribution in [0.4, 0.5) is 10.1 Å². The fraction of sp³-hybridized carbons (Fsp3) is 0.583. The quantitative estimate of drug-likeness (QED) is 0.728. The number of nitrogens with zero attached hydrogens (tertiary/aromatic N) is 2. The highest BCUT2D eigenvalue weighted by Gasteiger charge is 2.33. The first-order valence-electron chi connectivity index (χ1n) is 5.86. The number of piperidine rings is 2. The van der Waals surface area contributed by atoms with Crippen LogP contribution in [0.5, 0.6) is 0 Å². The monoisotopic (exact) mass is 221 g/mol. The number of hydrogen-bond donors (Lipinski definition) is 1. The van der Waals surface area contributed by atoms with Crippen molar-refractivity contribution in [1.29, 1.82) is 0 Å². The molecule has 0 spiro atoms. The Kier molecular flexibility index (Phi) is 2.32. The summed E-state index contributed by atoms with van der Waals surface area (Å²) in [5.41, 5.74) is 1.70. The molecule has 4 heteroatoms. The van der Waals surface area contributed by atoms with Crippen LogP contribution in [0.25, 0.3) is 0 Å². The number of nitrogens with one attached hydrogen (secondary N) is 1. The zero-order valence-corrected chi connectivity index (χ0v) is 9.41. The highest BCUT2D eigenvalue weighted by molar-refractivity contribution is 5.48. The van der Waals surface area contributed by atoms with Gasteiger partial charge in [-0.2, -0.15) is 4.39 Å². The van der Waals surface area contributed by atoms with Gasteiger partial charge in [-0.25, -0.2) is 4.98 Å². The fourth-order valence-electron chi connectivity index (χ4n) is 2.73. The Balaban J connectivity index is 1.89. The van der Waals surface area contributed by atoms with Gasteiger partial charge in [0.2, 0.25) is 5.95 Å². The second kappa shape index (κ2) is 3.70. The lowest BCUT2D eigenvalue weighted by molar-refractivity contribution is 0.290. The number of fused-ring (bicyclic) bond motifs is 3. The maximum atomic E-state index is 13.1. The first-order chi connectivity index (χ1) is 7.74. The maximum Gasteiger partial charge on any atom is 0.215 e. The summed E-state index contributed by atoms with van der Waals surface area (Å²) in [6.45, 7) is 3.84. The molecule has 2 atom stereocenters. The zero-order chi connectivity index (χ0) is 11.1. The molecular weight excluding hydrogens is 205 g/mol. The van der Waals surface area contributed by atoms with Gasteiger partial charge < -0.3 is 10.2 Å². The molecule has 3 saturated heterocycles. The van der Waals surface area contributed by atoms with Gasteiger partial charge in [0, 0.05) is 30.7 Å². The minimum atomic E-state index is -0.357. The molecule has 3 fully saturated rings. The molecule has 3 aliphatic rings. The molecule has 0 aliphatic carbocycles. The Bertz CT molecular complexity index is 399. The van der Waals surface area contributed by atoms with Crippen molar-refractivity contribution in [1.82, 2.24) is 10.3 Å². The summed E-state index contributed by atoms with van der Waals surface area (Å²) >= 11 is 0. The van der Waals surface area contributed by atoms with Crippen LogP contribution < -0.4 is 10.2 Å². The van der Waals surface area contributed by atoms with Crippen LogP contribution >= 0.6 is 0 Å². The van der Waals surface area contributed by atoms with Gasteiger partial charge in [-0.1, -0.05) is 0 Å².